The Bertz CT molecular complexity index is 325. The minimum atomic E-state index is 0.139. The second kappa shape index (κ2) is 7.55. The highest BCUT2D eigenvalue weighted by Gasteiger charge is 2.10. The Labute approximate surface area is 110 Å². The predicted molar refractivity (Wildman–Crippen MR) is 75.6 cm³/mol. The quantitative estimate of drug-likeness (QED) is 0.784. The average Bonchev–Trinajstić information content (AvgIpc) is 2.68. The molecule has 2 rings (SSSR count). The molecule has 0 atom stereocenters. The van der Waals surface area contributed by atoms with Crippen molar-refractivity contribution in [2.24, 2.45) is 0 Å². The van der Waals surface area contributed by atoms with Gasteiger partial charge >= 0.3 is 0 Å². The van der Waals surface area contributed by atoms with Crippen molar-refractivity contribution >= 4 is 0 Å². The molecule has 0 unspecified atom stereocenters. The number of rotatable bonds is 5. The van der Waals surface area contributed by atoms with Gasteiger partial charge in [0.05, 0.1) is 6.61 Å². The van der Waals surface area contributed by atoms with E-state index in [-0.39, 0.29) is 6.61 Å². The number of hydrogen-bond acceptors (Lipinski definition) is 2. The molecule has 1 fully saturated rings. The van der Waals surface area contributed by atoms with Crippen molar-refractivity contribution in [3.63, 3.8) is 0 Å². The van der Waals surface area contributed by atoms with Gasteiger partial charge < -0.3 is 10.4 Å². The fourth-order valence-corrected chi connectivity index (χ4v) is 2.72. The van der Waals surface area contributed by atoms with Gasteiger partial charge in [-0.05, 0) is 36.9 Å². The van der Waals surface area contributed by atoms with Crippen LogP contribution in [0.2, 0.25) is 0 Å². The zero-order chi connectivity index (χ0) is 12.6. The Balaban J connectivity index is 1.70. The number of hydrogen-bond donors (Lipinski definition) is 2. The molecule has 2 nitrogen and oxygen atoms in total. The molecule has 1 aliphatic carbocycles. The molecule has 2 heteroatoms. The number of aliphatic hydroxyl groups is 1. The summed E-state index contributed by atoms with van der Waals surface area (Å²) in [6.07, 6.45) is 9.41. The lowest BCUT2D eigenvalue weighted by Gasteiger charge is -2.16. The molecule has 0 amide bonds. The summed E-state index contributed by atoms with van der Waals surface area (Å²) in [6.45, 7) is 1.21. The van der Waals surface area contributed by atoms with E-state index in [9.17, 15) is 0 Å². The summed E-state index contributed by atoms with van der Waals surface area (Å²) < 4.78 is 0. The molecule has 0 aliphatic heterocycles. The van der Waals surface area contributed by atoms with Gasteiger partial charge in [-0.3, -0.25) is 0 Å². The summed E-state index contributed by atoms with van der Waals surface area (Å²) in [7, 11) is 0. The first-order chi connectivity index (χ1) is 8.88. The average molecular weight is 247 g/mol. The van der Waals surface area contributed by atoms with E-state index in [0.29, 0.717) is 0 Å². The third-order valence-corrected chi connectivity index (χ3v) is 3.91. The topological polar surface area (TPSA) is 32.3 Å². The summed E-state index contributed by atoms with van der Waals surface area (Å²) in [4.78, 5) is 0. The van der Waals surface area contributed by atoms with Crippen LogP contribution in [0.3, 0.4) is 0 Å². The van der Waals surface area contributed by atoms with Crippen molar-refractivity contribution < 1.29 is 5.11 Å². The molecule has 2 N–H and O–H groups in total. The Morgan fingerprint density at radius 1 is 0.944 bits per heavy atom. The molecular formula is C16H25NO. The number of aliphatic hydroxyl groups excluding tert-OH is 1. The highest BCUT2D eigenvalue weighted by atomic mass is 16.3. The molecule has 0 aromatic heterocycles. The maximum atomic E-state index is 8.99. The smallest absolute Gasteiger partial charge is 0.0681 e. The summed E-state index contributed by atoms with van der Waals surface area (Å²) in [5.41, 5.74) is 2.35. The van der Waals surface area contributed by atoms with Gasteiger partial charge in [0.1, 0.15) is 0 Å². The molecular weight excluding hydrogens is 222 g/mol. The predicted octanol–water partition coefficient (Wildman–Crippen LogP) is 3.03. The lowest BCUT2D eigenvalue weighted by molar-refractivity contribution is 0.282. The van der Waals surface area contributed by atoms with Crippen LogP contribution in [0.5, 0.6) is 0 Å². The molecule has 100 valence electrons. The normalized spacial score (nSPS) is 17.6. The van der Waals surface area contributed by atoms with E-state index in [1.807, 2.05) is 12.1 Å². The Hall–Kier alpha value is -0.860. The van der Waals surface area contributed by atoms with E-state index in [1.54, 1.807) is 0 Å². The zero-order valence-corrected chi connectivity index (χ0v) is 11.2. The van der Waals surface area contributed by atoms with Crippen LogP contribution in [0, 0.1) is 0 Å². The number of benzene rings is 1. The van der Waals surface area contributed by atoms with Gasteiger partial charge in [-0.1, -0.05) is 49.9 Å². The molecule has 0 heterocycles. The van der Waals surface area contributed by atoms with Crippen LogP contribution < -0.4 is 5.32 Å². The summed E-state index contributed by atoms with van der Waals surface area (Å²) in [5, 5.41) is 12.7. The van der Waals surface area contributed by atoms with Crippen molar-refractivity contribution in [1.82, 2.24) is 5.32 Å². The third-order valence-electron chi connectivity index (χ3n) is 3.91. The second-order valence-corrected chi connectivity index (χ2v) is 5.37. The van der Waals surface area contributed by atoms with Gasteiger partial charge in [-0.15, -0.1) is 0 Å². The molecule has 1 aromatic carbocycles. The van der Waals surface area contributed by atoms with Crippen molar-refractivity contribution in [2.45, 2.75) is 57.6 Å². The Morgan fingerprint density at radius 3 is 2.17 bits per heavy atom. The minimum absolute atomic E-state index is 0.139. The van der Waals surface area contributed by atoms with Crippen LogP contribution in [-0.4, -0.2) is 17.7 Å². The summed E-state index contributed by atoms with van der Waals surface area (Å²) >= 11 is 0. The van der Waals surface area contributed by atoms with E-state index in [4.69, 9.17) is 5.11 Å². The van der Waals surface area contributed by atoms with Crippen LogP contribution in [0.15, 0.2) is 24.3 Å². The monoisotopic (exact) mass is 247 g/mol. The molecule has 1 aliphatic rings. The van der Waals surface area contributed by atoms with Gasteiger partial charge in [-0.25, -0.2) is 0 Å². The highest BCUT2D eigenvalue weighted by molar-refractivity contribution is 5.22. The standard InChI is InChI=1S/C16H25NO/c18-13-15-9-7-14(8-10-15)11-12-17-16-5-3-1-2-4-6-16/h7-10,16-18H,1-6,11-13H2. The van der Waals surface area contributed by atoms with Crippen molar-refractivity contribution in [2.75, 3.05) is 6.54 Å². The van der Waals surface area contributed by atoms with Crippen LogP contribution in [-0.2, 0) is 13.0 Å². The van der Waals surface area contributed by atoms with E-state index in [0.717, 1.165) is 24.6 Å². The first kappa shape index (κ1) is 13.6. The first-order valence-corrected chi connectivity index (χ1v) is 7.30. The van der Waals surface area contributed by atoms with E-state index in [2.05, 4.69) is 17.4 Å². The highest BCUT2D eigenvalue weighted by Crippen LogP contribution is 2.17. The van der Waals surface area contributed by atoms with E-state index in [1.165, 1.54) is 44.1 Å². The van der Waals surface area contributed by atoms with Gasteiger partial charge in [0, 0.05) is 6.04 Å². The second-order valence-electron chi connectivity index (χ2n) is 5.37. The molecule has 1 aromatic rings. The maximum Gasteiger partial charge on any atom is 0.0681 e. The molecule has 0 radical (unpaired) electrons. The number of nitrogens with one attached hydrogen (secondary N) is 1. The summed E-state index contributed by atoms with van der Waals surface area (Å²) in [5.74, 6) is 0. The fourth-order valence-electron chi connectivity index (χ4n) is 2.72. The first-order valence-electron chi connectivity index (χ1n) is 7.30. The van der Waals surface area contributed by atoms with Gasteiger partial charge in [0.25, 0.3) is 0 Å². The van der Waals surface area contributed by atoms with E-state index >= 15 is 0 Å². The molecule has 18 heavy (non-hydrogen) atoms. The molecule has 0 bridgehead atoms. The van der Waals surface area contributed by atoms with E-state index < -0.39 is 0 Å². The van der Waals surface area contributed by atoms with Crippen molar-refractivity contribution in [3.05, 3.63) is 35.4 Å². The van der Waals surface area contributed by atoms with Crippen molar-refractivity contribution in [1.29, 1.82) is 0 Å². The van der Waals surface area contributed by atoms with Gasteiger partial charge in [-0.2, -0.15) is 0 Å². The van der Waals surface area contributed by atoms with Crippen LogP contribution in [0.1, 0.15) is 49.7 Å². The van der Waals surface area contributed by atoms with Crippen molar-refractivity contribution in [3.8, 4) is 0 Å². The molecule has 0 spiro atoms. The third kappa shape index (κ3) is 4.43. The summed E-state index contributed by atoms with van der Waals surface area (Å²) in [6, 6.07) is 9.02. The molecule has 0 saturated heterocycles. The molecule has 1 saturated carbocycles. The van der Waals surface area contributed by atoms with Gasteiger partial charge in [0.2, 0.25) is 0 Å². The lowest BCUT2D eigenvalue weighted by atomic mass is 10.1. The SMILES string of the molecule is OCc1ccc(CCNC2CCCCCC2)cc1. The lowest BCUT2D eigenvalue weighted by Crippen LogP contribution is -2.30. The maximum absolute atomic E-state index is 8.99. The minimum Gasteiger partial charge on any atom is -0.392 e. The van der Waals surface area contributed by atoms with Crippen LogP contribution >= 0.6 is 0 Å². The fraction of sp³-hybridized carbons (Fsp3) is 0.625. The Kier molecular flexibility index (Phi) is 5.69. The van der Waals surface area contributed by atoms with Crippen LogP contribution in [0.25, 0.3) is 0 Å². The Morgan fingerprint density at radius 2 is 1.56 bits per heavy atom. The zero-order valence-electron chi connectivity index (χ0n) is 11.2. The van der Waals surface area contributed by atoms with Crippen LogP contribution in [0.4, 0.5) is 0 Å². The largest absolute Gasteiger partial charge is 0.392 e. The van der Waals surface area contributed by atoms with Gasteiger partial charge in [0.15, 0.2) is 0 Å².